The maximum absolute atomic E-state index is 14.8. The number of nitrogens with zero attached hydrogens (tertiary/aromatic N) is 1. The van der Waals surface area contributed by atoms with Crippen molar-refractivity contribution in [3.8, 4) is 0 Å². The molecule has 0 N–H and O–H groups in total. The standard InChI is InChI=1S/C16H24FNOS/c1-10(2)13-8-9-14(15(11(3)4)16(13)17)20(19,18-5)12-6-7-12/h8-12H,6-7H2,1-5H3. The molecular weight excluding hydrogens is 273 g/mol. The van der Waals surface area contributed by atoms with Gasteiger partial charge in [0.15, 0.2) is 0 Å². The third kappa shape index (κ3) is 2.50. The second-order valence-corrected chi connectivity index (χ2v) is 8.75. The predicted molar refractivity (Wildman–Crippen MR) is 82.4 cm³/mol. The summed E-state index contributed by atoms with van der Waals surface area (Å²) < 4.78 is 32.1. The van der Waals surface area contributed by atoms with Crippen LogP contribution >= 0.6 is 0 Å². The Balaban J connectivity index is 2.72. The molecule has 20 heavy (non-hydrogen) atoms. The molecule has 1 unspecified atom stereocenters. The molecule has 0 heterocycles. The van der Waals surface area contributed by atoms with Gasteiger partial charge in [-0.25, -0.2) is 13.0 Å². The Morgan fingerprint density at radius 2 is 1.80 bits per heavy atom. The minimum absolute atomic E-state index is 0.00465. The molecule has 1 fully saturated rings. The molecule has 2 nitrogen and oxygen atoms in total. The van der Waals surface area contributed by atoms with Crippen LogP contribution in [-0.4, -0.2) is 16.5 Å². The minimum atomic E-state index is -2.47. The van der Waals surface area contributed by atoms with Gasteiger partial charge in [0.05, 0.1) is 14.6 Å². The molecule has 0 aromatic heterocycles. The zero-order valence-corrected chi connectivity index (χ0v) is 13.8. The number of hydrogen-bond acceptors (Lipinski definition) is 2. The van der Waals surface area contributed by atoms with Crippen LogP contribution in [0.1, 0.15) is 63.5 Å². The average Bonchev–Trinajstić information content (AvgIpc) is 3.20. The van der Waals surface area contributed by atoms with Gasteiger partial charge in [-0.05, 0) is 36.3 Å². The molecule has 0 spiro atoms. The van der Waals surface area contributed by atoms with E-state index >= 15 is 0 Å². The number of hydrogen-bond donors (Lipinski definition) is 0. The monoisotopic (exact) mass is 297 g/mol. The van der Waals surface area contributed by atoms with E-state index in [4.69, 9.17) is 0 Å². The zero-order chi connectivity index (χ0) is 15.1. The topological polar surface area (TPSA) is 29.4 Å². The molecule has 1 aromatic rings. The van der Waals surface area contributed by atoms with E-state index in [0.717, 1.165) is 12.8 Å². The van der Waals surface area contributed by atoms with Crippen molar-refractivity contribution in [2.75, 3.05) is 7.05 Å². The quantitative estimate of drug-likeness (QED) is 0.792. The molecule has 1 aromatic carbocycles. The van der Waals surface area contributed by atoms with Crippen LogP contribution < -0.4 is 0 Å². The van der Waals surface area contributed by atoms with Crippen molar-refractivity contribution >= 4 is 9.73 Å². The van der Waals surface area contributed by atoms with E-state index in [1.165, 1.54) is 0 Å². The van der Waals surface area contributed by atoms with Crippen LogP contribution in [0.25, 0.3) is 0 Å². The van der Waals surface area contributed by atoms with Gasteiger partial charge in [-0.2, -0.15) is 0 Å². The van der Waals surface area contributed by atoms with Crippen molar-refractivity contribution < 1.29 is 8.60 Å². The average molecular weight is 297 g/mol. The molecule has 0 radical (unpaired) electrons. The second kappa shape index (κ2) is 5.47. The summed E-state index contributed by atoms with van der Waals surface area (Å²) in [5.41, 5.74) is 1.30. The van der Waals surface area contributed by atoms with E-state index in [9.17, 15) is 8.60 Å². The minimum Gasteiger partial charge on any atom is -0.244 e. The van der Waals surface area contributed by atoms with Crippen molar-refractivity contribution in [1.82, 2.24) is 0 Å². The van der Waals surface area contributed by atoms with Crippen LogP contribution in [0, 0.1) is 5.82 Å². The highest BCUT2D eigenvalue weighted by atomic mass is 32.2. The van der Waals surface area contributed by atoms with Crippen LogP contribution in [0.4, 0.5) is 4.39 Å². The summed E-state index contributed by atoms with van der Waals surface area (Å²) in [5.74, 6) is -0.0633. The zero-order valence-electron chi connectivity index (χ0n) is 12.9. The van der Waals surface area contributed by atoms with E-state index in [0.29, 0.717) is 16.0 Å². The van der Waals surface area contributed by atoms with Gasteiger partial charge in [0.1, 0.15) is 5.82 Å². The van der Waals surface area contributed by atoms with Crippen LogP contribution in [-0.2, 0) is 9.73 Å². The van der Waals surface area contributed by atoms with E-state index in [1.807, 2.05) is 33.8 Å². The Morgan fingerprint density at radius 3 is 2.20 bits per heavy atom. The summed E-state index contributed by atoms with van der Waals surface area (Å²) >= 11 is 0. The summed E-state index contributed by atoms with van der Waals surface area (Å²) in [7, 11) is -0.871. The van der Waals surface area contributed by atoms with Gasteiger partial charge in [-0.1, -0.05) is 33.8 Å². The van der Waals surface area contributed by atoms with Gasteiger partial charge < -0.3 is 0 Å². The molecule has 1 atom stereocenters. The highest BCUT2D eigenvalue weighted by molar-refractivity contribution is 7.94. The maximum atomic E-state index is 14.8. The smallest absolute Gasteiger partial charge is 0.131 e. The molecule has 112 valence electrons. The van der Waals surface area contributed by atoms with Crippen molar-refractivity contribution in [3.63, 3.8) is 0 Å². The summed E-state index contributed by atoms with van der Waals surface area (Å²) in [6.45, 7) is 7.86. The number of halogens is 1. The van der Waals surface area contributed by atoms with Crippen LogP contribution in [0.3, 0.4) is 0 Å². The van der Waals surface area contributed by atoms with E-state index in [-0.39, 0.29) is 22.9 Å². The van der Waals surface area contributed by atoms with Gasteiger partial charge in [0.2, 0.25) is 0 Å². The molecule has 4 heteroatoms. The van der Waals surface area contributed by atoms with Crippen molar-refractivity contribution in [1.29, 1.82) is 0 Å². The third-order valence-electron chi connectivity index (χ3n) is 3.93. The molecule has 1 aliphatic rings. The normalized spacial score (nSPS) is 18.4. The van der Waals surface area contributed by atoms with Crippen molar-refractivity contribution in [3.05, 3.63) is 29.1 Å². The van der Waals surface area contributed by atoms with Crippen LogP contribution in [0.15, 0.2) is 21.4 Å². The van der Waals surface area contributed by atoms with Gasteiger partial charge in [0, 0.05) is 17.9 Å². The molecule has 0 amide bonds. The van der Waals surface area contributed by atoms with Gasteiger partial charge >= 0.3 is 0 Å². The fourth-order valence-corrected chi connectivity index (χ4v) is 5.18. The Hall–Kier alpha value is -0.900. The molecule has 1 saturated carbocycles. The fraction of sp³-hybridized carbons (Fsp3) is 0.625. The third-order valence-corrected chi connectivity index (χ3v) is 6.84. The first-order valence-corrected chi connectivity index (χ1v) is 8.87. The molecule has 0 aliphatic heterocycles. The Bertz CT molecular complexity index is 624. The lowest BCUT2D eigenvalue weighted by Crippen LogP contribution is -2.14. The number of benzene rings is 1. The van der Waals surface area contributed by atoms with E-state index < -0.39 is 9.73 Å². The first-order valence-electron chi connectivity index (χ1n) is 7.29. The molecule has 0 bridgehead atoms. The lowest BCUT2D eigenvalue weighted by atomic mass is 9.95. The first-order chi connectivity index (χ1) is 9.32. The SMILES string of the molecule is CN=S(=O)(c1ccc(C(C)C)c(F)c1C(C)C)C1CC1. The lowest BCUT2D eigenvalue weighted by molar-refractivity contribution is 0.563. The molecule has 0 saturated heterocycles. The molecule has 1 aliphatic carbocycles. The lowest BCUT2D eigenvalue weighted by Gasteiger charge is -2.20. The highest BCUT2D eigenvalue weighted by Crippen LogP contribution is 2.40. The fourth-order valence-electron chi connectivity index (χ4n) is 2.65. The van der Waals surface area contributed by atoms with Gasteiger partial charge in [0.25, 0.3) is 0 Å². The summed E-state index contributed by atoms with van der Waals surface area (Å²) in [4.78, 5) is 0.624. The maximum Gasteiger partial charge on any atom is 0.131 e. The van der Waals surface area contributed by atoms with E-state index in [1.54, 1.807) is 13.1 Å². The van der Waals surface area contributed by atoms with Crippen molar-refractivity contribution in [2.24, 2.45) is 4.36 Å². The Morgan fingerprint density at radius 1 is 1.20 bits per heavy atom. The first kappa shape index (κ1) is 15.5. The Kier molecular flexibility index (Phi) is 4.24. The highest BCUT2D eigenvalue weighted by Gasteiger charge is 2.37. The molecule has 2 rings (SSSR count). The summed E-state index contributed by atoms with van der Waals surface area (Å²) in [6.07, 6.45) is 1.86. The van der Waals surface area contributed by atoms with Crippen LogP contribution in [0.2, 0.25) is 0 Å². The van der Waals surface area contributed by atoms with Gasteiger partial charge in [-0.15, -0.1) is 0 Å². The predicted octanol–water partition coefficient (Wildman–Crippen LogP) is 4.69. The van der Waals surface area contributed by atoms with Crippen LogP contribution in [0.5, 0.6) is 0 Å². The summed E-state index contributed by atoms with van der Waals surface area (Å²) in [6, 6.07) is 3.63. The molecular formula is C16H24FNOS. The van der Waals surface area contributed by atoms with Crippen molar-refractivity contribution in [2.45, 2.75) is 62.5 Å². The largest absolute Gasteiger partial charge is 0.244 e. The van der Waals surface area contributed by atoms with Gasteiger partial charge in [-0.3, -0.25) is 0 Å². The second-order valence-electron chi connectivity index (χ2n) is 6.14. The van der Waals surface area contributed by atoms with E-state index in [2.05, 4.69) is 4.36 Å². The Labute approximate surface area is 122 Å². The number of rotatable bonds is 4. The summed E-state index contributed by atoms with van der Waals surface area (Å²) in [5, 5.41) is 0.106.